The van der Waals surface area contributed by atoms with Crippen LogP contribution in [0.15, 0.2) is 75.8 Å². The van der Waals surface area contributed by atoms with Crippen LogP contribution >= 0.6 is 0 Å². The first-order valence-corrected chi connectivity index (χ1v) is 18.7. The van der Waals surface area contributed by atoms with Crippen LogP contribution in [0.2, 0.25) is 0 Å². The standard InChI is InChI=1S/C42H39N7O6/c1-18(2)32(45-20(5)50)38(52)46-28-15-21-12-13-29-26(14-21)42-25-10-6-9-23(34(25)49-41(42)54-29)22-8-7-11-27-31(22)24(16-43-27)30-17-44-39(53-30)35-36(42)55-40(48-35)33(19(3)4)47-37(28)51/h6-14,16-19,28,32-33,41,43,49H,15H2,1-5H3,(H,45,50)(H,46,52)(H,47,51)/t28-,32-,33-,41?,42?/m0/s1. The summed E-state index contributed by atoms with van der Waals surface area (Å²) in [6.07, 6.45) is 3.16. The number of nitrogens with one attached hydrogen (secondary N) is 5. The van der Waals surface area contributed by atoms with Gasteiger partial charge in [0.1, 0.15) is 29.3 Å². The Labute approximate surface area is 315 Å². The van der Waals surface area contributed by atoms with Crippen molar-refractivity contribution < 1.29 is 28.0 Å². The van der Waals surface area contributed by atoms with Gasteiger partial charge in [-0.25, -0.2) is 9.97 Å². The second-order valence-electron chi connectivity index (χ2n) is 15.6. The molecule has 0 aliphatic carbocycles. The highest BCUT2D eigenvalue weighted by Gasteiger charge is 2.61. The molecule has 10 rings (SSSR count). The molecule has 6 aromatic rings. The Morgan fingerprint density at radius 3 is 2.58 bits per heavy atom. The predicted molar refractivity (Wildman–Crippen MR) is 203 cm³/mol. The minimum Gasteiger partial charge on any atom is -0.469 e. The third kappa shape index (κ3) is 4.74. The molecule has 2 unspecified atom stereocenters. The van der Waals surface area contributed by atoms with E-state index < -0.39 is 41.6 Å². The summed E-state index contributed by atoms with van der Waals surface area (Å²) in [6.45, 7) is 9.00. The van der Waals surface area contributed by atoms with E-state index in [1.807, 2.05) is 64.2 Å². The predicted octanol–water partition coefficient (Wildman–Crippen LogP) is 5.95. The summed E-state index contributed by atoms with van der Waals surface area (Å²) in [4.78, 5) is 53.5. The Balaban J connectivity index is 1.23. The molecule has 0 saturated carbocycles. The average Bonchev–Trinajstić information content (AvgIpc) is 3.98. The van der Waals surface area contributed by atoms with Gasteiger partial charge in [0.25, 0.3) is 0 Å². The molecule has 0 fully saturated rings. The number of H-pyrrole nitrogens is 1. The lowest BCUT2D eigenvalue weighted by molar-refractivity contribution is -0.133. The minimum atomic E-state index is -1.07. The van der Waals surface area contributed by atoms with Gasteiger partial charge >= 0.3 is 0 Å². The number of carbonyl (C=O) groups is 3. The number of hydrogen-bond acceptors (Lipinski definition) is 9. The van der Waals surface area contributed by atoms with Crippen molar-refractivity contribution in [3.8, 4) is 39.8 Å². The lowest BCUT2D eigenvalue weighted by Crippen LogP contribution is -2.56. The molecule has 10 bridgehead atoms. The van der Waals surface area contributed by atoms with Gasteiger partial charge < -0.3 is 39.8 Å². The van der Waals surface area contributed by atoms with Crippen molar-refractivity contribution in [3.63, 3.8) is 0 Å². The number of hydrogen-bond donors (Lipinski definition) is 5. The fourth-order valence-corrected chi connectivity index (χ4v) is 8.87. The van der Waals surface area contributed by atoms with Gasteiger partial charge in [-0.3, -0.25) is 14.4 Å². The van der Waals surface area contributed by atoms with Gasteiger partial charge in [-0.15, -0.1) is 0 Å². The summed E-state index contributed by atoms with van der Waals surface area (Å²) < 4.78 is 20.5. The third-order valence-electron chi connectivity index (χ3n) is 11.5. The molecule has 13 nitrogen and oxygen atoms in total. The molecule has 5 atom stereocenters. The Morgan fingerprint density at radius 1 is 0.964 bits per heavy atom. The fourth-order valence-electron chi connectivity index (χ4n) is 8.87. The van der Waals surface area contributed by atoms with Gasteiger partial charge in [0, 0.05) is 58.4 Å². The summed E-state index contributed by atoms with van der Waals surface area (Å²) in [5.41, 5.74) is 6.57. The van der Waals surface area contributed by atoms with Gasteiger partial charge in [-0.1, -0.05) is 70.2 Å². The Kier molecular flexibility index (Phi) is 7.13. The Hall–Kier alpha value is -6.37. The van der Waals surface area contributed by atoms with Gasteiger partial charge in [0.05, 0.1) is 6.20 Å². The average molecular weight is 738 g/mol. The van der Waals surface area contributed by atoms with Crippen LogP contribution in [0, 0.1) is 11.8 Å². The number of anilines is 1. The maximum atomic E-state index is 14.4. The molecular weight excluding hydrogens is 699 g/mol. The number of ether oxygens (including phenoxy) is 1. The van der Waals surface area contributed by atoms with E-state index in [0.29, 0.717) is 23.0 Å². The number of nitrogens with zero attached hydrogens (tertiary/aromatic N) is 2. The molecule has 4 aliphatic heterocycles. The number of para-hydroxylation sites is 1. The molecule has 3 aromatic carbocycles. The maximum absolute atomic E-state index is 14.4. The molecule has 1 spiro atoms. The van der Waals surface area contributed by atoms with Crippen molar-refractivity contribution in [2.45, 2.75) is 70.8 Å². The molecule has 3 amide bonds. The first-order valence-electron chi connectivity index (χ1n) is 18.7. The number of aromatic nitrogens is 3. The van der Waals surface area contributed by atoms with Crippen LogP contribution in [0.4, 0.5) is 5.69 Å². The van der Waals surface area contributed by atoms with Crippen molar-refractivity contribution in [1.29, 1.82) is 0 Å². The first kappa shape index (κ1) is 33.2. The Bertz CT molecular complexity index is 2600. The summed E-state index contributed by atoms with van der Waals surface area (Å²) in [5, 5.41) is 13.6. The van der Waals surface area contributed by atoms with E-state index in [9.17, 15) is 14.4 Å². The SMILES string of the molecule is CC(=O)N[C@H](C(=O)N[C@H]1Cc2ccc3c(c2)C24c5cccc(c5NC2O3)-c2cccc3[nH]cc(c23)-c2cnc(o2)-c2nc(oc24)[C@H](C(C)C)NC1=O)C(C)C. The highest BCUT2D eigenvalue weighted by atomic mass is 16.5. The third-order valence-corrected chi connectivity index (χ3v) is 11.5. The molecule has 278 valence electrons. The highest BCUT2D eigenvalue weighted by molar-refractivity contribution is 6.07. The van der Waals surface area contributed by atoms with E-state index in [0.717, 1.165) is 50.0 Å². The van der Waals surface area contributed by atoms with E-state index in [1.165, 1.54) is 6.92 Å². The van der Waals surface area contributed by atoms with Gasteiger partial charge in [-0.05, 0) is 35.1 Å². The number of fused-ring (bicyclic) bond motifs is 7. The topological polar surface area (TPSA) is 176 Å². The molecular formula is C42H39N7O6. The monoisotopic (exact) mass is 737 g/mol. The number of rotatable bonds is 5. The molecule has 13 heteroatoms. The van der Waals surface area contributed by atoms with E-state index in [-0.39, 0.29) is 35.9 Å². The van der Waals surface area contributed by atoms with Crippen LogP contribution in [0.1, 0.15) is 69.0 Å². The molecule has 55 heavy (non-hydrogen) atoms. The van der Waals surface area contributed by atoms with E-state index in [1.54, 1.807) is 6.20 Å². The van der Waals surface area contributed by atoms with Gasteiger partial charge in [0.15, 0.2) is 23.4 Å². The molecule has 4 aliphatic rings. The summed E-state index contributed by atoms with van der Waals surface area (Å²) in [7, 11) is 0. The van der Waals surface area contributed by atoms with Crippen LogP contribution in [-0.2, 0) is 26.2 Å². The fraction of sp³-hybridized carbons (Fsp3) is 0.310. The molecule has 7 heterocycles. The highest BCUT2D eigenvalue weighted by Crippen LogP contribution is 2.61. The van der Waals surface area contributed by atoms with Crippen LogP contribution in [-0.4, -0.2) is 51.0 Å². The number of oxazole rings is 2. The lowest BCUT2D eigenvalue weighted by Gasteiger charge is -2.29. The molecule has 3 aromatic heterocycles. The zero-order valence-electron chi connectivity index (χ0n) is 30.9. The van der Waals surface area contributed by atoms with Crippen LogP contribution in [0.3, 0.4) is 0 Å². The molecule has 0 radical (unpaired) electrons. The van der Waals surface area contributed by atoms with Gasteiger partial charge in [-0.2, -0.15) is 0 Å². The van der Waals surface area contributed by atoms with Crippen molar-refractivity contribution >= 4 is 34.3 Å². The lowest BCUT2D eigenvalue weighted by atomic mass is 9.72. The van der Waals surface area contributed by atoms with Crippen LogP contribution < -0.4 is 26.0 Å². The van der Waals surface area contributed by atoms with Gasteiger partial charge in [0.2, 0.25) is 29.5 Å². The minimum absolute atomic E-state index is 0.169. The van der Waals surface area contributed by atoms with Crippen molar-refractivity contribution in [2.24, 2.45) is 11.8 Å². The van der Waals surface area contributed by atoms with Crippen LogP contribution in [0.5, 0.6) is 5.75 Å². The molecule has 5 N–H and O–H groups in total. The first-order chi connectivity index (χ1) is 26.5. The quantitative estimate of drug-likeness (QED) is 0.143. The zero-order chi connectivity index (χ0) is 37.9. The number of aromatic amines is 1. The number of carbonyl (C=O) groups excluding carboxylic acids is 3. The number of amides is 3. The van der Waals surface area contributed by atoms with E-state index >= 15 is 0 Å². The van der Waals surface area contributed by atoms with E-state index in [2.05, 4.69) is 50.5 Å². The summed E-state index contributed by atoms with van der Waals surface area (Å²) >= 11 is 0. The number of benzene rings is 3. The largest absolute Gasteiger partial charge is 0.469 e. The smallest absolute Gasteiger partial charge is 0.249 e. The van der Waals surface area contributed by atoms with Crippen molar-refractivity contribution in [1.82, 2.24) is 30.9 Å². The van der Waals surface area contributed by atoms with Crippen LogP contribution in [0.25, 0.3) is 44.9 Å². The second-order valence-corrected chi connectivity index (χ2v) is 15.6. The van der Waals surface area contributed by atoms with Crippen molar-refractivity contribution in [3.05, 3.63) is 95.3 Å². The molecule has 0 saturated heterocycles. The van der Waals surface area contributed by atoms with E-state index in [4.69, 9.17) is 23.5 Å². The normalized spacial score (nSPS) is 21.9. The zero-order valence-corrected chi connectivity index (χ0v) is 30.9. The van der Waals surface area contributed by atoms with Crippen molar-refractivity contribution in [2.75, 3.05) is 5.32 Å². The second kappa shape index (κ2) is 11.8. The Morgan fingerprint density at radius 2 is 1.78 bits per heavy atom. The maximum Gasteiger partial charge on any atom is 0.249 e. The summed E-state index contributed by atoms with van der Waals surface area (Å²) in [5.74, 6) is 0.611. The summed E-state index contributed by atoms with van der Waals surface area (Å²) in [6, 6.07) is 15.8.